The molecule has 0 atom stereocenters. The highest BCUT2D eigenvalue weighted by Crippen LogP contribution is 2.12. The van der Waals surface area contributed by atoms with Gasteiger partial charge in [-0.1, -0.05) is 29.8 Å². The maximum absolute atomic E-state index is 12.4. The quantitative estimate of drug-likeness (QED) is 0.780. The number of anilines is 1. The average Bonchev–Trinajstić information content (AvgIpc) is 2.60. The number of halogens is 1. The summed E-state index contributed by atoms with van der Waals surface area (Å²) in [5, 5.41) is 3.40. The maximum atomic E-state index is 12.4. The Morgan fingerprint density at radius 1 is 1.16 bits per heavy atom. The molecule has 0 aliphatic rings. The molecule has 0 fully saturated rings. The molecule has 0 radical (unpaired) electrons. The summed E-state index contributed by atoms with van der Waals surface area (Å²) >= 11 is 5.88. The predicted molar refractivity (Wildman–Crippen MR) is 98.2 cm³/mol. The Balaban J connectivity index is 1.83. The summed E-state index contributed by atoms with van der Waals surface area (Å²) in [6.07, 6.45) is 3.16. The molecule has 0 aliphatic carbocycles. The molecule has 0 spiro atoms. The van der Waals surface area contributed by atoms with Gasteiger partial charge in [0.1, 0.15) is 5.82 Å². The molecule has 1 amide bonds. The molecule has 1 aromatic carbocycles. The lowest BCUT2D eigenvalue weighted by Gasteiger charge is -2.10. The SMILES string of the molecule is Cc1cccnc1NC(=O)c1ccc(=O)n(Cc2ccc(Cl)cc2)c1. The average molecular weight is 354 g/mol. The van der Waals surface area contributed by atoms with E-state index in [9.17, 15) is 9.59 Å². The van der Waals surface area contributed by atoms with Crippen molar-refractivity contribution in [1.29, 1.82) is 0 Å². The van der Waals surface area contributed by atoms with Crippen molar-refractivity contribution in [3.8, 4) is 0 Å². The minimum Gasteiger partial charge on any atom is -0.310 e. The molecule has 2 heterocycles. The number of carbonyl (C=O) groups is 1. The molecule has 0 bridgehead atoms. The Morgan fingerprint density at radius 2 is 1.92 bits per heavy atom. The van der Waals surface area contributed by atoms with Crippen LogP contribution in [0.5, 0.6) is 0 Å². The third-order valence-electron chi connectivity index (χ3n) is 3.75. The number of nitrogens with one attached hydrogen (secondary N) is 1. The van der Waals surface area contributed by atoms with E-state index >= 15 is 0 Å². The van der Waals surface area contributed by atoms with Crippen LogP contribution >= 0.6 is 11.6 Å². The number of amides is 1. The maximum Gasteiger partial charge on any atom is 0.258 e. The number of carbonyl (C=O) groups excluding carboxylic acids is 1. The van der Waals surface area contributed by atoms with Crippen LogP contribution in [0.1, 0.15) is 21.5 Å². The minimum atomic E-state index is -0.313. The van der Waals surface area contributed by atoms with E-state index in [4.69, 9.17) is 11.6 Å². The summed E-state index contributed by atoms with van der Waals surface area (Å²) in [5.74, 6) is 0.189. The molecule has 3 rings (SSSR count). The fourth-order valence-corrected chi connectivity index (χ4v) is 2.50. The summed E-state index contributed by atoms with van der Waals surface area (Å²) < 4.78 is 1.49. The van der Waals surface area contributed by atoms with Crippen LogP contribution in [-0.2, 0) is 6.54 Å². The van der Waals surface area contributed by atoms with Crippen LogP contribution in [0.2, 0.25) is 5.02 Å². The topological polar surface area (TPSA) is 64.0 Å². The minimum absolute atomic E-state index is 0.180. The summed E-state index contributed by atoms with van der Waals surface area (Å²) in [4.78, 5) is 28.7. The van der Waals surface area contributed by atoms with E-state index in [-0.39, 0.29) is 11.5 Å². The van der Waals surface area contributed by atoms with Gasteiger partial charge in [0.15, 0.2) is 0 Å². The van der Waals surface area contributed by atoms with Crippen LogP contribution in [0.3, 0.4) is 0 Å². The lowest BCUT2D eigenvalue weighted by Crippen LogP contribution is -2.23. The summed E-state index contributed by atoms with van der Waals surface area (Å²) in [5.41, 5.74) is 1.99. The monoisotopic (exact) mass is 353 g/mol. The predicted octanol–water partition coefficient (Wildman–Crippen LogP) is 3.51. The molecule has 126 valence electrons. The highest BCUT2D eigenvalue weighted by molar-refractivity contribution is 6.30. The lowest BCUT2D eigenvalue weighted by atomic mass is 10.2. The number of hydrogen-bond acceptors (Lipinski definition) is 3. The first kappa shape index (κ1) is 16.9. The van der Waals surface area contributed by atoms with Gasteiger partial charge in [0, 0.05) is 23.5 Å². The Labute approximate surface area is 149 Å². The zero-order valence-corrected chi connectivity index (χ0v) is 14.3. The molecule has 5 nitrogen and oxygen atoms in total. The van der Waals surface area contributed by atoms with Gasteiger partial charge >= 0.3 is 0 Å². The summed E-state index contributed by atoms with van der Waals surface area (Å²) in [6.45, 7) is 2.23. The fraction of sp³-hybridized carbons (Fsp3) is 0.105. The summed E-state index contributed by atoms with van der Waals surface area (Å²) in [7, 11) is 0. The molecule has 0 saturated heterocycles. The Morgan fingerprint density at radius 3 is 2.64 bits per heavy atom. The van der Waals surface area contributed by atoms with Crippen LogP contribution in [0.4, 0.5) is 5.82 Å². The summed E-state index contributed by atoms with van der Waals surface area (Å²) in [6, 6.07) is 13.8. The van der Waals surface area contributed by atoms with Crippen molar-refractivity contribution in [3.05, 3.63) is 93.0 Å². The second-order valence-corrected chi connectivity index (χ2v) is 6.07. The van der Waals surface area contributed by atoms with Gasteiger partial charge in [0.05, 0.1) is 12.1 Å². The number of pyridine rings is 2. The molecule has 0 saturated carbocycles. The number of benzene rings is 1. The third kappa shape index (κ3) is 4.14. The van der Waals surface area contributed by atoms with Gasteiger partial charge in [0.2, 0.25) is 0 Å². The number of aromatic nitrogens is 2. The second-order valence-electron chi connectivity index (χ2n) is 5.63. The van der Waals surface area contributed by atoms with Gasteiger partial charge in [0.25, 0.3) is 11.5 Å². The number of nitrogens with zero attached hydrogens (tertiary/aromatic N) is 2. The standard InChI is InChI=1S/C19H16ClN3O2/c1-13-3-2-10-21-18(13)22-19(25)15-6-9-17(24)23(12-15)11-14-4-7-16(20)8-5-14/h2-10,12H,11H2,1H3,(H,21,22,25). The van der Waals surface area contributed by atoms with E-state index in [1.807, 2.05) is 25.1 Å². The van der Waals surface area contributed by atoms with Gasteiger partial charge in [-0.2, -0.15) is 0 Å². The molecular formula is C19H16ClN3O2. The second kappa shape index (κ2) is 7.32. The van der Waals surface area contributed by atoms with E-state index in [1.54, 1.807) is 30.6 Å². The number of aryl methyl sites for hydroxylation is 1. The molecule has 1 N–H and O–H groups in total. The smallest absolute Gasteiger partial charge is 0.258 e. The van der Waals surface area contributed by atoms with Gasteiger partial charge < -0.3 is 9.88 Å². The highest BCUT2D eigenvalue weighted by Gasteiger charge is 2.10. The van der Waals surface area contributed by atoms with E-state index in [2.05, 4.69) is 10.3 Å². The van der Waals surface area contributed by atoms with Crippen LogP contribution in [0.15, 0.2) is 65.7 Å². The van der Waals surface area contributed by atoms with Crippen molar-refractivity contribution in [3.63, 3.8) is 0 Å². The van der Waals surface area contributed by atoms with Crippen LogP contribution in [-0.4, -0.2) is 15.5 Å². The van der Waals surface area contributed by atoms with Crippen molar-refractivity contribution >= 4 is 23.3 Å². The molecule has 25 heavy (non-hydrogen) atoms. The van der Waals surface area contributed by atoms with Crippen LogP contribution in [0, 0.1) is 6.92 Å². The van der Waals surface area contributed by atoms with Crippen LogP contribution in [0.25, 0.3) is 0 Å². The van der Waals surface area contributed by atoms with Crippen LogP contribution < -0.4 is 10.9 Å². The van der Waals surface area contributed by atoms with Gasteiger partial charge in [-0.3, -0.25) is 9.59 Å². The molecule has 0 unspecified atom stereocenters. The Hall–Kier alpha value is -2.92. The fourth-order valence-electron chi connectivity index (χ4n) is 2.37. The Bertz CT molecular complexity index is 965. The zero-order valence-electron chi connectivity index (χ0n) is 13.6. The number of hydrogen-bond donors (Lipinski definition) is 1. The molecular weight excluding hydrogens is 338 g/mol. The van der Waals surface area contributed by atoms with Gasteiger partial charge in [-0.05, 0) is 42.3 Å². The third-order valence-corrected chi connectivity index (χ3v) is 4.01. The van der Waals surface area contributed by atoms with E-state index in [1.165, 1.54) is 16.7 Å². The molecule has 6 heteroatoms. The lowest BCUT2D eigenvalue weighted by molar-refractivity contribution is 0.102. The van der Waals surface area contributed by atoms with Crippen molar-refractivity contribution in [2.24, 2.45) is 0 Å². The normalized spacial score (nSPS) is 10.5. The van der Waals surface area contributed by atoms with E-state index in [0.29, 0.717) is 22.9 Å². The molecule has 3 aromatic rings. The van der Waals surface area contributed by atoms with Crippen molar-refractivity contribution in [2.75, 3.05) is 5.32 Å². The first-order valence-electron chi connectivity index (χ1n) is 7.71. The first-order valence-corrected chi connectivity index (χ1v) is 8.08. The highest BCUT2D eigenvalue weighted by atomic mass is 35.5. The van der Waals surface area contributed by atoms with E-state index < -0.39 is 0 Å². The van der Waals surface area contributed by atoms with Gasteiger partial charge in [-0.25, -0.2) is 4.98 Å². The van der Waals surface area contributed by atoms with Crippen molar-refractivity contribution in [2.45, 2.75) is 13.5 Å². The first-order chi connectivity index (χ1) is 12.0. The number of rotatable bonds is 4. The molecule has 2 aromatic heterocycles. The Kier molecular flexibility index (Phi) is 4.95. The zero-order chi connectivity index (χ0) is 17.8. The van der Waals surface area contributed by atoms with E-state index in [0.717, 1.165) is 11.1 Å². The van der Waals surface area contributed by atoms with Crippen molar-refractivity contribution < 1.29 is 4.79 Å². The van der Waals surface area contributed by atoms with Gasteiger partial charge in [-0.15, -0.1) is 0 Å². The largest absolute Gasteiger partial charge is 0.310 e. The molecule has 0 aliphatic heterocycles. The van der Waals surface area contributed by atoms with Crippen molar-refractivity contribution in [1.82, 2.24) is 9.55 Å².